The molecule has 57 heavy (non-hydrogen) atoms. The minimum absolute atomic E-state index is 0.0181. The molecule has 8 bridgehead atoms. The molecule has 7 atom stereocenters. The number of hydrogen-bond acceptors (Lipinski definition) is 7. The molecule has 6 rings (SSSR count). The molecular weight excluding hydrogens is 713 g/mol. The lowest BCUT2D eigenvalue weighted by Crippen LogP contribution is -2.37. The first kappa shape index (κ1) is 42.4. The number of allylic oxidation sites excluding steroid dienone is 4. The van der Waals surface area contributed by atoms with Crippen LogP contribution in [0.5, 0.6) is 0 Å². The molecule has 1 aliphatic carbocycles. The van der Waals surface area contributed by atoms with Gasteiger partial charge < -0.3 is 35.2 Å². The molecule has 9 heteroatoms. The Morgan fingerprint density at radius 1 is 0.965 bits per heavy atom. The quantitative estimate of drug-likeness (QED) is 0.0917. The van der Waals surface area contributed by atoms with Gasteiger partial charge >= 0.3 is 11.9 Å². The number of aliphatic hydroxyl groups excluding tert-OH is 1. The smallest absolute Gasteiger partial charge is 0.315 e. The van der Waals surface area contributed by atoms with Crippen molar-refractivity contribution in [3.05, 3.63) is 84.7 Å². The third-order valence-electron chi connectivity index (χ3n) is 13.6. The molecule has 2 aromatic rings. The summed E-state index contributed by atoms with van der Waals surface area (Å²) in [5.74, 6) is -0.647. The molecule has 9 nitrogen and oxygen atoms in total. The highest BCUT2D eigenvalue weighted by Gasteiger charge is 2.49. The molecule has 0 spiro atoms. The Morgan fingerprint density at radius 3 is 2.42 bits per heavy atom. The van der Waals surface area contributed by atoms with Crippen LogP contribution in [0.4, 0.5) is 0 Å². The van der Waals surface area contributed by atoms with Crippen LogP contribution in [0, 0.1) is 43.4 Å². The van der Waals surface area contributed by atoms with Crippen molar-refractivity contribution < 1.29 is 24.2 Å². The summed E-state index contributed by atoms with van der Waals surface area (Å²) in [5, 5.41) is 21.3. The fourth-order valence-corrected chi connectivity index (χ4v) is 10.0. The number of methoxy groups -OCH3 is 1. The largest absolute Gasteiger partial charge is 0.468 e. The van der Waals surface area contributed by atoms with E-state index < -0.39 is 18.0 Å². The number of hydrogen-bond donors (Lipinski definition) is 5. The third kappa shape index (κ3) is 8.50. The molecule has 1 saturated heterocycles. The first-order valence-electron chi connectivity index (χ1n) is 21.7. The monoisotopic (exact) mass is 781 g/mol. The third-order valence-corrected chi connectivity index (χ3v) is 13.6. The van der Waals surface area contributed by atoms with E-state index in [4.69, 9.17) is 9.47 Å². The predicted molar refractivity (Wildman–Crippen MR) is 229 cm³/mol. The van der Waals surface area contributed by atoms with Crippen molar-refractivity contribution in [2.75, 3.05) is 13.7 Å². The van der Waals surface area contributed by atoms with E-state index in [0.717, 1.165) is 81.8 Å². The van der Waals surface area contributed by atoms with Crippen LogP contribution >= 0.6 is 0 Å². The first-order valence-corrected chi connectivity index (χ1v) is 21.7. The fourth-order valence-electron chi connectivity index (χ4n) is 10.0. The summed E-state index contributed by atoms with van der Waals surface area (Å²) in [7, 11) is 1.38. The summed E-state index contributed by atoms with van der Waals surface area (Å²) in [6.07, 6.45) is 17.5. The van der Waals surface area contributed by atoms with E-state index in [2.05, 4.69) is 94.2 Å². The maximum atomic E-state index is 13.6. The van der Waals surface area contributed by atoms with Gasteiger partial charge in [0.15, 0.2) is 0 Å². The van der Waals surface area contributed by atoms with E-state index in [0.29, 0.717) is 6.42 Å². The second kappa shape index (κ2) is 18.1. The van der Waals surface area contributed by atoms with Gasteiger partial charge in [-0.25, -0.2) is 0 Å². The molecule has 1 fully saturated rings. The van der Waals surface area contributed by atoms with E-state index in [1.54, 1.807) is 0 Å². The van der Waals surface area contributed by atoms with Crippen molar-refractivity contribution in [1.29, 1.82) is 0 Å². The van der Waals surface area contributed by atoms with Gasteiger partial charge in [-0.05, 0) is 124 Å². The number of esters is 2. The van der Waals surface area contributed by atoms with Gasteiger partial charge in [-0.3, -0.25) is 9.59 Å². The van der Waals surface area contributed by atoms with E-state index >= 15 is 0 Å². The minimum atomic E-state index is -1.08. The lowest BCUT2D eigenvalue weighted by molar-refractivity contribution is -0.147. The zero-order valence-electron chi connectivity index (χ0n) is 36.2. The molecular formula is C48H68N4O5. The van der Waals surface area contributed by atoms with Crippen molar-refractivity contribution in [3.8, 4) is 0 Å². The Bertz CT molecular complexity index is 2090. The van der Waals surface area contributed by atoms with Crippen LogP contribution in [0.3, 0.4) is 0 Å². The summed E-state index contributed by atoms with van der Waals surface area (Å²) in [4.78, 5) is 34.4. The van der Waals surface area contributed by atoms with Crippen LogP contribution in [0.15, 0.2) is 40.4 Å². The van der Waals surface area contributed by atoms with Crippen molar-refractivity contribution >= 4 is 29.7 Å². The number of fused-ring (bicyclic) bond motifs is 8. The van der Waals surface area contributed by atoms with Crippen LogP contribution in [0.1, 0.15) is 146 Å². The number of carbonyl (C=O) groups excluding carboxylic acids is 2. The number of aromatic amines is 2. The van der Waals surface area contributed by atoms with Gasteiger partial charge in [-0.15, -0.1) is 0 Å². The molecule has 0 amide bonds. The number of nitrogens with one attached hydrogen (secondary N) is 4. The molecule has 1 unspecified atom stereocenters. The number of rotatable bonds is 15. The second-order valence-corrected chi connectivity index (χ2v) is 17.3. The summed E-state index contributed by atoms with van der Waals surface area (Å²) < 4.78 is 11.1. The van der Waals surface area contributed by atoms with Crippen LogP contribution in [-0.4, -0.2) is 46.8 Å². The van der Waals surface area contributed by atoms with E-state index in [9.17, 15) is 14.7 Å². The molecule has 0 aromatic carbocycles. The van der Waals surface area contributed by atoms with Crippen molar-refractivity contribution in [1.82, 2.24) is 20.6 Å². The number of aliphatic hydroxyl groups is 1. The van der Waals surface area contributed by atoms with Crippen molar-refractivity contribution in [2.45, 2.75) is 139 Å². The van der Waals surface area contributed by atoms with Gasteiger partial charge in [0.1, 0.15) is 12.5 Å². The Balaban J connectivity index is 1.36. The molecule has 0 radical (unpaired) electrons. The second-order valence-electron chi connectivity index (χ2n) is 17.3. The molecule has 0 saturated carbocycles. The number of carbonyl (C=O) groups is 2. The zero-order chi connectivity index (χ0) is 41.1. The van der Waals surface area contributed by atoms with Crippen LogP contribution in [-0.2, 0) is 25.5 Å². The zero-order valence-corrected chi connectivity index (χ0v) is 36.2. The van der Waals surface area contributed by atoms with Gasteiger partial charge in [-0.1, -0.05) is 65.9 Å². The standard InChI is InChI=1S/C48H68N4O5/c1-11-14-16-26(4)17-15-18-27(5)21-22-57-41(53)20-19-34-30(8)37-23-35-28(6)32(12-2)39(49-35)24-36-29(7)33(13-3)40(50-36)25-38-31(9)42-46(52-38)43(45(34)51-37)44(47(42)54)48(55)56-10/h21,23-26,30,32,34,44-45,47,49-52,54H,11-20,22H2,1-10H3/b27-21+,37-23-,38-25-,39-24-/t26-,30-,32-,34-,44+,45?,47+/m0/s1. The highest BCUT2D eigenvalue weighted by atomic mass is 16.5. The Morgan fingerprint density at radius 2 is 1.72 bits per heavy atom. The summed E-state index contributed by atoms with van der Waals surface area (Å²) in [6, 6.07) is -0.343. The molecule has 5 N–H and O–H groups in total. The highest BCUT2D eigenvalue weighted by molar-refractivity contribution is 5.88. The SMILES string of the molecule is CCCC[C@H](C)CCC/C(C)=C/COC(=O)CC[C@@H]1C2N/C(=C\C3=C(C)[C@H](CC)/C(=C/c4[nH]c(c(CC)c4C)/C=c4\[nH]c5c(c4C)[C@@H](O)[C@H](C(=O)OC)C=52)N3)[C@H]1C. The van der Waals surface area contributed by atoms with Crippen molar-refractivity contribution in [3.63, 3.8) is 0 Å². The van der Waals surface area contributed by atoms with E-state index in [1.165, 1.54) is 60.8 Å². The summed E-state index contributed by atoms with van der Waals surface area (Å²) in [6.45, 7) is 20.0. The average molecular weight is 781 g/mol. The van der Waals surface area contributed by atoms with Gasteiger partial charge in [0.05, 0.1) is 19.3 Å². The average Bonchev–Trinajstić information content (AvgIpc) is 3.93. The van der Waals surface area contributed by atoms with E-state index in [-0.39, 0.29) is 42.8 Å². The number of H-pyrrole nitrogens is 2. The Labute approximate surface area is 340 Å². The maximum Gasteiger partial charge on any atom is 0.315 e. The lowest BCUT2D eigenvalue weighted by Gasteiger charge is -2.27. The summed E-state index contributed by atoms with van der Waals surface area (Å²) >= 11 is 0. The topological polar surface area (TPSA) is 128 Å². The fraction of sp³-hybridized carbons (Fsp3) is 0.583. The molecule has 3 aliphatic heterocycles. The minimum Gasteiger partial charge on any atom is -0.468 e. The predicted octanol–water partition coefficient (Wildman–Crippen LogP) is 7.97. The molecule has 5 heterocycles. The molecule has 310 valence electrons. The van der Waals surface area contributed by atoms with Gasteiger partial charge in [-0.2, -0.15) is 0 Å². The Kier molecular flexibility index (Phi) is 13.5. The lowest BCUT2D eigenvalue weighted by atomic mass is 9.80. The highest BCUT2D eigenvalue weighted by Crippen LogP contribution is 2.45. The van der Waals surface area contributed by atoms with Crippen molar-refractivity contribution in [2.24, 2.45) is 29.6 Å². The Hall–Kier alpha value is -4.24. The van der Waals surface area contributed by atoms with Gasteiger partial charge in [0.2, 0.25) is 0 Å². The first-order chi connectivity index (χ1) is 27.3. The van der Waals surface area contributed by atoms with Gasteiger partial charge in [0, 0.05) is 63.0 Å². The van der Waals surface area contributed by atoms with Crippen LogP contribution < -0.4 is 21.3 Å². The summed E-state index contributed by atoms with van der Waals surface area (Å²) in [5.41, 5.74) is 12.8. The van der Waals surface area contributed by atoms with Crippen LogP contribution in [0.2, 0.25) is 0 Å². The molecule has 4 aliphatic rings. The number of unbranched alkanes of at least 4 members (excludes halogenated alkanes) is 1. The number of aromatic nitrogens is 2. The number of ether oxygens (including phenoxy) is 2. The van der Waals surface area contributed by atoms with E-state index in [1.807, 2.05) is 13.0 Å². The maximum absolute atomic E-state index is 13.6. The normalized spacial score (nSPS) is 26.9. The van der Waals surface area contributed by atoms with Gasteiger partial charge in [0.25, 0.3) is 0 Å². The molecule has 2 aromatic heterocycles. The van der Waals surface area contributed by atoms with Crippen LogP contribution in [0.25, 0.3) is 17.7 Å².